The molecule has 0 bridgehead atoms. The van der Waals surface area contributed by atoms with Crippen molar-refractivity contribution in [2.45, 2.75) is 25.7 Å². The summed E-state index contributed by atoms with van der Waals surface area (Å²) >= 11 is 20.1. The summed E-state index contributed by atoms with van der Waals surface area (Å²) in [5, 5.41) is 0. The van der Waals surface area contributed by atoms with Crippen molar-refractivity contribution >= 4 is 69.7 Å². The Morgan fingerprint density at radius 3 is 1.44 bits per heavy atom. The Bertz CT molecular complexity index is 745. The van der Waals surface area contributed by atoms with Gasteiger partial charge in [0, 0.05) is 24.5 Å². The molecule has 4 rings (SSSR count). The summed E-state index contributed by atoms with van der Waals surface area (Å²) < 4.78 is 1.12. The van der Waals surface area contributed by atoms with Gasteiger partial charge >= 0.3 is 16.5 Å². The van der Waals surface area contributed by atoms with Gasteiger partial charge in [0.15, 0.2) is 0 Å². The van der Waals surface area contributed by atoms with Crippen LogP contribution < -0.4 is 9.80 Å². The molecular formula is C20H20N2NiS4. The molecule has 2 aliphatic heterocycles. The van der Waals surface area contributed by atoms with E-state index in [1.165, 1.54) is 22.5 Å². The van der Waals surface area contributed by atoms with Gasteiger partial charge in [0.1, 0.15) is 0 Å². The number of para-hydroxylation sites is 2. The summed E-state index contributed by atoms with van der Waals surface area (Å²) in [5.41, 5.74) is 5.13. The molecule has 2 nitrogen and oxygen atoms in total. The second kappa shape index (κ2) is 10.6. The van der Waals surface area contributed by atoms with Crippen LogP contribution in [0.2, 0.25) is 0 Å². The maximum absolute atomic E-state index is 5.03. The smallest absolute Gasteiger partial charge is 0.411 e. The van der Waals surface area contributed by atoms with Gasteiger partial charge in [0.05, 0.1) is 0 Å². The van der Waals surface area contributed by atoms with Crippen molar-refractivity contribution in [1.29, 1.82) is 0 Å². The Labute approximate surface area is 193 Å². The van der Waals surface area contributed by atoms with Gasteiger partial charge < -0.3 is 59.5 Å². The fourth-order valence-corrected chi connectivity index (χ4v) is 4.21. The normalized spacial score (nSPS) is 14.7. The summed E-state index contributed by atoms with van der Waals surface area (Å²) in [6.45, 7) is 1.94. The van der Waals surface area contributed by atoms with Crippen molar-refractivity contribution in [3.63, 3.8) is 0 Å². The molecule has 0 atom stereocenters. The van der Waals surface area contributed by atoms with Crippen molar-refractivity contribution < 1.29 is 16.5 Å². The molecule has 0 radical (unpaired) electrons. The van der Waals surface area contributed by atoms with E-state index in [1.807, 2.05) is 21.9 Å². The van der Waals surface area contributed by atoms with Gasteiger partial charge in [-0.15, -0.1) is 0 Å². The Morgan fingerprint density at radius 2 is 1.07 bits per heavy atom. The SMILES string of the molecule is S=C([S-])N1CCCc2ccccc21.S=C([S-])N1CCCc2ccccc21.[Ni+2]. The first-order valence-electron chi connectivity index (χ1n) is 8.71. The maximum Gasteiger partial charge on any atom is 2.00 e. The molecule has 0 aromatic heterocycles. The standard InChI is InChI=1S/2C10H11NS2.Ni/c2*12-10(13)11-7-3-5-8-4-1-2-6-9(8)11;/h2*1-2,4,6H,3,5,7H2,(H,12,13);/q;;+2/p-2. The summed E-state index contributed by atoms with van der Waals surface area (Å²) in [5.74, 6) is 0. The van der Waals surface area contributed by atoms with E-state index >= 15 is 0 Å². The molecule has 0 spiro atoms. The third-order valence-electron chi connectivity index (χ3n) is 4.66. The summed E-state index contributed by atoms with van der Waals surface area (Å²) in [6, 6.07) is 16.7. The van der Waals surface area contributed by atoms with Crippen LogP contribution in [0.25, 0.3) is 0 Å². The molecule has 2 aliphatic rings. The van der Waals surface area contributed by atoms with E-state index in [1.54, 1.807) is 0 Å². The van der Waals surface area contributed by atoms with E-state index in [0.29, 0.717) is 8.64 Å². The van der Waals surface area contributed by atoms with Gasteiger partial charge in [-0.3, -0.25) is 0 Å². The average Bonchev–Trinajstić information content (AvgIpc) is 2.67. The van der Waals surface area contributed by atoms with E-state index in [4.69, 9.17) is 49.7 Å². The number of fused-ring (bicyclic) bond motifs is 2. The first-order chi connectivity index (χ1) is 12.6. The van der Waals surface area contributed by atoms with Crippen molar-refractivity contribution in [2.75, 3.05) is 22.9 Å². The van der Waals surface area contributed by atoms with Crippen LogP contribution in [0.1, 0.15) is 24.0 Å². The zero-order valence-electron chi connectivity index (χ0n) is 14.7. The fourth-order valence-electron chi connectivity index (χ4n) is 3.45. The summed E-state index contributed by atoms with van der Waals surface area (Å²) in [4.78, 5) is 4.09. The molecule has 0 amide bonds. The second-order valence-corrected chi connectivity index (χ2v) is 8.36. The van der Waals surface area contributed by atoms with Crippen LogP contribution in [0.3, 0.4) is 0 Å². The second-order valence-electron chi connectivity index (χ2n) is 6.30. The van der Waals surface area contributed by atoms with Crippen LogP contribution in [0.15, 0.2) is 48.5 Å². The van der Waals surface area contributed by atoms with E-state index in [9.17, 15) is 0 Å². The number of rotatable bonds is 0. The minimum atomic E-state index is 0. The van der Waals surface area contributed by atoms with E-state index < -0.39 is 0 Å². The fraction of sp³-hybridized carbons (Fsp3) is 0.300. The van der Waals surface area contributed by atoms with Crippen LogP contribution in [-0.2, 0) is 54.6 Å². The van der Waals surface area contributed by atoms with Gasteiger partial charge in [0.2, 0.25) is 0 Å². The van der Waals surface area contributed by atoms with Gasteiger partial charge in [-0.25, -0.2) is 0 Å². The van der Waals surface area contributed by atoms with Crippen LogP contribution in [0, 0.1) is 0 Å². The zero-order chi connectivity index (χ0) is 18.5. The maximum atomic E-state index is 5.03. The van der Waals surface area contributed by atoms with Crippen LogP contribution in [0.5, 0.6) is 0 Å². The Kier molecular flexibility index (Phi) is 8.84. The number of benzene rings is 2. The third-order valence-corrected chi connectivity index (χ3v) is 5.54. The number of aryl methyl sites for hydroxylation is 2. The summed E-state index contributed by atoms with van der Waals surface area (Å²) in [7, 11) is 0. The summed E-state index contributed by atoms with van der Waals surface area (Å²) in [6.07, 6.45) is 4.58. The Morgan fingerprint density at radius 1 is 0.704 bits per heavy atom. The molecule has 0 N–H and O–H groups in total. The largest absolute Gasteiger partial charge is 2.00 e. The monoisotopic (exact) mass is 474 g/mol. The number of thiocarbonyl (C=S) groups is 2. The van der Waals surface area contributed by atoms with E-state index in [-0.39, 0.29) is 16.5 Å². The molecule has 0 unspecified atom stereocenters. The predicted octanol–water partition coefficient (Wildman–Crippen LogP) is 4.54. The minimum Gasteiger partial charge on any atom is -0.411 e. The molecule has 2 heterocycles. The number of nitrogens with zero attached hydrogens (tertiary/aromatic N) is 2. The Balaban J connectivity index is 0.000000187. The zero-order valence-corrected chi connectivity index (χ0v) is 19.0. The van der Waals surface area contributed by atoms with Crippen molar-refractivity contribution in [3.05, 3.63) is 59.7 Å². The molecule has 2 aromatic carbocycles. The Hall–Kier alpha value is -0.846. The predicted molar refractivity (Wildman–Crippen MR) is 124 cm³/mol. The molecule has 2 aromatic rings. The van der Waals surface area contributed by atoms with Crippen molar-refractivity contribution in [3.8, 4) is 0 Å². The molecular weight excluding hydrogens is 455 g/mol. The molecule has 7 heteroatoms. The quantitative estimate of drug-likeness (QED) is 0.312. The average molecular weight is 475 g/mol. The number of hydrogen-bond donors (Lipinski definition) is 0. The van der Waals surface area contributed by atoms with Crippen LogP contribution >= 0.6 is 24.4 Å². The third kappa shape index (κ3) is 5.58. The first-order valence-corrected chi connectivity index (χ1v) is 10.3. The van der Waals surface area contributed by atoms with Crippen molar-refractivity contribution in [2.24, 2.45) is 0 Å². The molecule has 27 heavy (non-hydrogen) atoms. The molecule has 0 aliphatic carbocycles. The molecule has 0 fully saturated rings. The molecule has 144 valence electrons. The van der Waals surface area contributed by atoms with E-state index in [2.05, 4.69) is 36.4 Å². The minimum absolute atomic E-state index is 0. The van der Waals surface area contributed by atoms with Crippen LogP contribution in [0.4, 0.5) is 11.4 Å². The first kappa shape index (κ1) is 22.4. The van der Waals surface area contributed by atoms with Crippen molar-refractivity contribution in [1.82, 2.24) is 0 Å². The van der Waals surface area contributed by atoms with Gasteiger partial charge in [-0.2, -0.15) is 0 Å². The molecule has 0 saturated heterocycles. The van der Waals surface area contributed by atoms with Gasteiger partial charge in [0.25, 0.3) is 0 Å². The molecule has 0 saturated carbocycles. The van der Waals surface area contributed by atoms with Gasteiger partial charge in [-0.05, 0) is 48.9 Å². The van der Waals surface area contributed by atoms with Gasteiger partial charge in [-0.1, -0.05) is 45.0 Å². The van der Waals surface area contributed by atoms with Crippen LogP contribution in [-0.4, -0.2) is 21.7 Å². The number of anilines is 2. The topological polar surface area (TPSA) is 6.48 Å². The number of hydrogen-bond acceptors (Lipinski definition) is 4. The van der Waals surface area contributed by atoms with E-state index in [0.717, 1.165) is 38.8 Å².